The molecule has 0 bridgehead atoms. The minimum Gasteiger partial charge on any atom is -0.369 e. The second-order valence-corrected chi connectivity index (χ2v) is 4.99. The Labute approximate surface area is 120 Å². The number of halogens is 2. The van der Waals surface area contributed by atoms with Crippen LogP contribution in [0.5, 0.6) is 0 Å². The number of aryl methyl sites for hydroxylation is 1. The van der Waals surface area contributed by atoms with E-state index >= 15 is 0 Å². The van der Waals surface area contributed by atoms with E-state index in [0.717, 1.165) is 11.3 Å². The summed E-state index contributed by atoms with van der Waals surface area (Å²) in [6.07, 6.45) is 1.73. The maximum Gasteiger partial charge on any atom is 0.201 e. The van der Waals surface area contributed by atoms with Gasteiger partial charge in [-0.2, -0.15) is 0 Å². The van der Waals surface area contributed by atoms with Gasteiger partial charge in [0, 0.05) is 12.3 Å². The van der Waals surface area contributed by atoms with Crippen molar-refractivity contribution >= 4 is 28.6 Å². The standard InChI is InChI=1S/C14H12ClFN4/c1-8-3-2-4-18-12(8)7-20-13-5-9(15)10(16)6-11(13)19-14(20)17/h2-6H,7H2,1H3,(H2,17,19). The Hall–Kier alpha value is -2.14. The molecule has 0 fully saturated rings. The van der Waals surface area contributed by atoms with Crippen molar-refractivity contribution in [3.63, 3.8) is 0 Å². The van der Waals surface area contributed by atoms with Crippen LogP contribution in [-0.2, 0) is 6.54 Å². The highest BCUT2D eigenvalue weighted by molar-refractivity contribution is 6.31. The Morgan fingerprint density at radius 1 is 1.40 bits per heavy atom. The van der Waals surface area contributed by atoms with Gasteiger partial charge in [-0.05, 0) is 24.6 Å². The molecule has 0 saturated heterocycles. The summed E-state index contributed by atoms with van der Waals surface area (Å²) >= 11 is 5.83. The predicted molar refractivity (Wildman–Crippen MR) is 77.2 cm³/mol. The maximum absolute atomic E-state index is 13.4. The number of pyridine rings is 1. The van der Waals surface area contributed by atoms with Crippen LogP contribution in [-0.4, -0.2) is 14.5 Å². The lowest BCUT2D eigenvalue weighted by Crippen LogP contribution is -2.07. The highest BCUT2D eigenvalue weighted by Gasteiger charge is 2.13. The van der Waals surface area contributed by atoms with Gasteiger partial charge in [-0.1, -0.05) is 17.7 Å². The number of nitrogen functional groups attached to an aromatic ring is 1. The normalized spacial score (nSPS) is 11.2. The maximum atomic E-state index is 13.4. The van der Waals surface area contributed by atoms with E-state index in [1.807, 2.05) is 19.1 Å². The molecule has 0 unspecified atom stereocenters. The third-order valence-electron chi connectivity index (χ3n) is 3.25. The average Bonchev–Trinajstić information content (AvgIpc) is 2.69. The molecule has 3 aromatic rings. The summed E-state index contributed by atoms with van der Waals surface area (Å²) in [5.74, 6) is -0.190. The molecule has 1 aromatic carbocycles. The van der Waals surface area contributed by atoms with Crippen molar-refractivity contribution in [1.29, 1.82) is 0 Å². The third kappa shape index (κ3) is 2.10. The van der Waals surface area contributed by atoms with Crippen LogP contribution >= 0.6 is 11.6 Å². The lowest BCUT2D eigenvalue weighted by molar-refractivity contribution is 0.629. The molecule has 2 aromatic heterocycles. The van der Waals surface area contributed by atoms with Gasteiger partial charge < -0.3 is 10.3 Å². The lowest BCUT2D eigenvalue weighted by atomic mass is 10.2. The number of nitrogens with two attached hydrogens (primary N) is 1. The van der Waals surface area contributed by atoms with Gasteiger partial charge in [0.15, 0.2) is 0 Å². The SMILES string of the molecule is Cc1cccnc1Cn1c(N)nc2cc(F)c(Cl)cc21. The zero-order valence-electron chi connectivity index (χ0n) is 10.8. The monoisotopic (exact) mass is 290 g/mol. The van der Waals surface area contributed by atoms with Gasteiger partial charge in [0.05, 0.1) is 28.3 Å². The highest BCUT2D eigenvalue weighted by atomic mass is 35.5. The van der Waals surface area contributed by atoms with E-state index in [1.54, 1.807) is 10.8 Å². The summed E-state index contributed by atoms with van der Waals surface area (Å²) in [5, 5.41) is 0.0522. The Morgan fingerprint density at radius 3 is 2.95 bits per heavy atom. The number of nitrogens with zero attached hydrogens (tertiary/aromatic N) is 3. The van der Waals surface area contributed by atoms with E-state index in [0.29, 0.717) is 23.5 Å². The molecule has 6 heteroatoms. The van der Waals surface area contributed by atoms with Crippen LogP contribution in [0.3, 0.4) is 0 Å². The molecule has 0 aliphatic heterocycles. The molecule has 3 rings (SSSR count). The molecule has 0 spiro atoms. The molecule has 20 heavy (non-hydrogen) atoms. The second kappa shape index (κ2) is 4.76. The fourth-order valence-electron chi connectivity index (χ4n) is 2.14. The first-order valence-corrected chi connectivity index (χ1v) is 6.45. The van der Waals surface area contributed by atoms with Crippen LogP contribution in [0.4, 0.5) is 10.3 Å². The lowest BCUT2D eigenvalue weighted by Gasteiger charge is -2.08. The van der Waals surface area contributed by atoms with Crippen LogP contribution in [0.1, 0.15) is 11.3 Å². The number of hydrogen-bond donors (Lipinski definition) is 1. The fraction of sp³-hybridized carbons (Fsp3) is 0.143. The number of anilines is 1. The predicted octanol–water partition coefficient (Wildman–Crippen LogP) is 3.16. The van der Waals surface area contributed by atoms with Crippen molar-refractivity contribution < 1.29 is 4.39 Å². The van der Waals surface area contributed by atoms with Crippen molar-refractivity contribution in [3.05, 3.63) is 52.6 Å². The summed E-state index contributed by atoms with van der Waals surface area (Å²) < 4.78 is 15.2. The number of benzene rings is 1. The summed E-state index contributed by atoms with van der Waals surface area (Å²) in [4.78, 5) is 8.49. The highest BCUT2D eigenvalue weighted by Crippen LogP contribution is 2.25. The Kier molecular flexibility index (Phi) is 3.06. The minimum absolute atomic E-state index is 0.0522. The van der Waals surface area contributed by atoms with Gasteiger partial charge in [-0.15, -0.1) is 0 Å². The zero-order valence-corrected chi connectivity index (χ0v) is 11.5. The molecular weight excluding hydrogens is 279 g/mol. The van der Waals surface area contributed by atoms with Crippen molar-refractivity contribution in [2.24, 2.45) is 0 Å². The van der Waals surface area contributed by atoms with Gasteiger partial charge in [0.25, 0.3) is 0 Å². The summed E-state index contributed by atoms with van der Waals surface area (Å²) in [6, 6.07) is 6.68. The molecule has 0 aliphatic rings. The van der Waals surface area contributed by atoms with E-state index in [4.69, 9.17) is 17.3 Å². The minimum atomic E-state index is -0.502. The van der Waals surface area contributed by atoms with Crippen LogP contribution in [0.2, 0.25) is 5.02 Å². The number of hydrogen-bond acceptors (Lipinski definition) is 3. The number of rotatable bonds is 2. The first-order valence-electron chi connectivity index (χ1n) is 6.07. The van der Waals surface area contributed by atoms with Crippen LogP contribution < -0.4 is 5.73 Å². The van der Waals surface area contributed by atoms with Gasteiger partial charge >= 0.3 is 0 Å². The molecule has 0 aliphatic carbocycles. The molecule has 2 heterocycles. The topological polar surface area (TPSA) is 56.7 Å². The van der Waals surface area contributed by atoms with Crippen molar-refractivity contribution in [2.75, 3.05) is 5.73 Å². The summed E-state index contributed by atoms with van der Waals surface area (Å²) in [6.45, 7) is 2.45. The van der Waals surface area contributed by atoms with Gasteiger partial charge in [-0.3, -0.25) is 4.98 Å². The van der Waals surface area contributed by atoms with Crippen LogP contribution in [0, 0.1) is 12.7 Å². The molecule has 102 valence electrons. The van der Waals surface area contributed by atoms with Crippen molar-refractivity contribution in [3.8, 4) is 0 Å². The molecule has 0 saturated carbocycles. The number of imidazole rings is 1. The number of fused-ring (bicyclic) bond motifs is 1. The Morgan fingerprint density at radius 2 is 2.20 bits per heavy atom. The molecule has 4 nitrogen and oxygen atoms in total. The van der Waals surface area contributed by atoms with Gasteiger partial charge in [0.2, 0.25) is 5.95 Å². The summed E-state index contributed by atoms with van der Waals surface area (Å²) in [5.41, 5.74) is 9.03. The van der Waals surface area contributed by atoms with E-state index in [9.17, 15) is 4.39 Å². The van der Waals surface area contributed by atoms with E-state index in [2.05, 4.69) is 9.97 Å². The summed E-state index contributed by atoms with van der Waals surface area (Å²) in [7, 11) is 0. The number of aromatic nitrogens is 3. The fourth-order valence-corrected chi connectivity index (χ4v) is 2.30. The van der Waals surface area contributed by atoms with Crippen molar-refractivity contribution in [2.45, 2.75) is 13.5 Å². The first kappa shape index (κ1) is 12.9. The quantitative estimate of drug-likeness (QED) is 0.789. The first-order chi connectivity index (χ1) is 9.56. The van der Waals surface area contributed by atoms with E-state index < -0.39 is 5.82 Å². The van der Waals surface area contributed by atoms with Gasteiger partial charge in [-0.25, -0.2) is 9.37 Å². The van der Waals surface area contributed by atoms with E-state index in [1.165, 1.54) is 12.1 Å². The largest absolute Gasteiger partial charge is 0.369 e. The molecule has 0 amide bonds. The van der Waals surface area contributed by atoms with Crippen LogP contribution in [0.15, 0.2) is 30.5 Å². The van der Waals surface area contributed by atoms with E-state index in [-0.39, 0.29) is 5.02 Å². The van der Waals surface area contributed by atoms with Crippen LogP contribution in [0.25, 0.3) is 11.0 Å². The third-order valence-corrected chi connectivity index (χ3v) is 3.54. The van der Waals surface area contributed by atoms with Crippen molar-refractivity contribution in [1.82, 2.24) is 14.5 Å². The zero-order chi connectivity index (χ0) is 14.3. The molecule has 2 N–H and O–H groups in total. The molecule has 0 atom stereocenters. The molecule has 0 radical (unpaired) electrons. The van der Waals surface area contributed by atoms with Gasteiger partial charge in [0.1, 0.15) is 5.82 Å². The smallest absolute Gasteiger partial charge is 0.201 e. The average molecular weight is 291 g/mol. The molecular formula is C14H12ClFN4. The Bertz CT molecular complexity index is 797. The Balaban J connectivity index is 2.14. The second-order valence-electron chi connectivity index (χ2n) is 4.58.